The molecule has 2 aromatic heterocycles. The number of alkyl halides is 3. The number of hydrogen-bond acceptors (Lipinski definition) is 9. The Morgan fingerprint density at radius 1 is 1.09 bits per heavy atom. The van der Waals surface area contributed by atoms with E-state index in [-0.39, 0.29) is 87.5 Å². The minimum absolute atomic E-state index is 0.0574. The number of ether oxygens (including phenoxy) is 1. The van der Waals surface area contributed by atoms with Crippen LogP contribution in [0.5, 0.6) is 11.8 Å². The average molecular weight is 763 g/mol. The van der Waals surface area contributed by atoms with Gasteiger partial charge in [-0.15, -0.1) is 6.42 Å². The van der Waals surface area contributed by atoms with Crippen molar-refractivity contribution in [2.24, 2.45) is 0 Å². The van der Waals surface area contributed by atoms with Crippen LogP contribution in [-0.2, 0) is 4.79 Å². The lowest BCUT2D eigenvalue weighted by atomic mass is 9.95. The van der Waals surface area contributed by atoms with Crippen LogP contribution in [0.15, 0.2) is 29.8 Å². The van der Waals surface area contributed by atoms with Gasteiger partial charge < -0.3 is 20.1 Å². The molecule has 2 aromatic carbocycles. The highest BCUT2D eigenvalue weighted by Gasteiger charge is 2.45. The van der Waals surface area contributed by atoms with Gasteiger partial charge in [0.25, 0.3) is 0 Å². The molecule has 9 nitrogen and oxygen atoms in total. The van der Waals surface area contributed by atoms with Crippen LogP contribution in [0.25, 0.3) is 39.0 Å². The van der Waals surface area contributed by atoms with Gasteiger partial charge >= 0.3 is 12.2 Å². The first-order valence-corrected chi connectivity index (χ1v) is 18.7. The van der Waals surface area contributed by atoms with Crippen molar-refractivity contribution >= 4 is 39.4 Å². The van der Waals surface area contributed by atoms with E-state index in [1.54, 1.807) is 6.08 Å². The molecule has 3 saturated heterocycles. The van der Waals surface area contributed by atoms with E-state index in [2.05, 4.69) is 21.1 Å². The fourth-order valence-electron chi connectivity index (χ4n) is 8.51. The second-order valence-electron chi connectivity index (χ2n) is 15.1. The number of fused-ring (bicyclic) bond motifs is 3. The van der Waals surface area contributed by atoms with Crippen molar-refractivity contribution in [1.82, 2.24) is 25.2 Å². The second-order valence-corrected chi connectivity index (χ2v) is 15.1. The normalized spacial score (nSPS) is 19.8. The molecule has 0 radical (unpaired) electrons. The number of nitrogens with zero attached hydrogens (tertiary/aromatic N) is 5. The smallest absolute Gasteiger partial charge is 0.449 e. The molecule has 3 aliphatic heterocycles. The van der Waals surface area contributed by atoms with Gasteiger partial charge in [-0.25, -0.2) is 13.8 Å². The third-order valence-electron chi connectivity index (χ3n) is 11.1. The van der Waals surface area contributed by atoms with E-state index < -0.39 is 36.1 Å². The lowest BCUT2D eigenvalue weighted by Gasteiger charge is -2.40. The van der Waals surface area contributed by atoms with E-state index in [1.807, 2.05) is 25.7 Å². The Hall–Kier alpha value is -4.87. The summed E-state index contributed by atoms with van der Waals surface area (Å²) in [5.74, 6) is -0.950. The number of halogens is 5. The summed E-state index contributed by atoms with van der Waals surface area (Å²) in [7, 11) is 0. The van der Waals surface area contributed by atoms with E-state index in [1.165, 1.54) is 24.3 Å². The average Bonchev–Trinajstić information content (AvgIpc) is 3.74. The Morgan fingerprint density at radius 2 is 1.82 bits per heavy atom. The number of allylic oxidation sites excluding steroid dienone is 1. The molecule has 14 heteroatoms. The van der Waals surface area contributed by atoms with Crippen molar-refractivity contribution < 1.29 is 36.6 Å². The Labute approximate surface area is 316 Å². The molecule has 7 rings (SSSR count). The maximum atomic E-state index is 17.5. The molecule has 5 heterocycles. The number of phenolic OH excluding ortho intramolecular Hbond substituents is 1. The number of carbonyl (C=O) groups excluding carboxylic acids is 1. The molecule has 2 unspecified atom stereocenters. The summed E-state index contributed by atoms with van der Waals surface area (Å²) < 4.78 is 78.5. The number of nitrogens with one attached hydrogen (secondary N) is 1. The zero-order valence-corrected chi connectivity index (χ0v) is 31.0. The Bertz CT molecular complexity index is 2220. The SMILES string of the molecule is C#Cc1c(F)ccc2cc(O)cc(-c3nc(C=C(C)C)c4c(N5CC(CC)NC(CCC(=O)C(F)(F)F)C5)nc(OCC56CCCN5CCC6)nc4c3F)c12. The van der Waals surface area contributed by atoms with Gasteiger partial charge in [-0.3, -0.25) is 9.69 Å². The second kappa shape index (κ2) is 15.0. The van der Waals surface area contributed by atoms with Crippen LogP contribution in [0.1, 0.15) is 77.0 Å². The third-order valence-corrected chi connectivity index (χ3v) is 11.1. The molecule has 3 fully saturated rings. The fraction of sp³-hybridized carbons (Fsp3) is 0.463. The Kier molecular flexibility index (Phi) is 10.5. The number of anilines is 1. The maximum Gasteiger partial charge on any atom is 0.449 e. The van der Waals surface area contributed by atoms with Crippen LogP contribution in [0.4, 0.5) is 27.8 Å². The van der Waals surface area contributed by atoms with Gasteiger partial charge in [0.05, 0.1) is 22.2 Å². The topological polar surface area (TPSA) is 104 Å². The van der Waals surface area contributed by atoms with Crippen molar-refractivity contribution in [3.05, 3.63) is 52.7 Å². The van der Waals surface area contributed by atoms with Crippen molar-refractivity contribution in [1.29, 1.82) is 0 Å². The van der Waals surface area contributed by atoms with Crippen molar-refractivity contribution in [2.45, 2.75) is 89.5 Å². The summed E-state index contributed by atoms with van der Waals surface area (Å²) in [5, 5.41) is 14.9. The van der Waals surface area contributed by atoms with Crippen LogP contribution >= 0.6 is 0 Å². The quantitative estimate of drug-likeness (QED) is 0.124. The zero-order valence-electron chi connectivity index (χ0n) is 31.0. The number of benzene rings is 2. The van der Waals surface area contributed by atoms with Crippen molar-refractivity contribution in [3.63, 3.8) is 0 Å². The number of ketones is 1. The van der Waals surface area contributed by atoms with E-state index >= 15 is 8.78 Å². The van der Waals surface area contributed by atoms with Crippen LogP contribution in [-0.4, -0.2) is 87.3 Å². The molecule has 0 bridgehead atoms. The molecular formula is C41H43F5N6O3. The van der Waals surface area contributed by atoms with Gasteiger partial charge in [-0.05, 0) is 95.1 Å². The summed E-state index contributed by atoms with van der Waals surface area (Å²) >= 11 is 0. The molecule has 0 spiro atoms. The Morgan fingerprint density at radius 3 is 2.49 bits per heavy atom. The number of carbonyl (C=O) groups is 1. The number of aromatic nitrogens is 3. The molecule has 0 aliphatic carbocycles. The molecule has 290 valence electrons. The third kappa shape index (κ3) is 7.44. The highest BCUT2D eigenvalue weighted by molar-refractivity contribution is 6.04. The number of hydrogen-bond donors (Lipinski definition) is 2. The maximum absolute atomic E-state index is 17.5. The zero-order chi connectivity index (χ0) is 39.2. The van der Waals surface area contributed by atoms with Crippen molar-refractivity contribution in [3.8, 4) is 35.4 Å². The minimum Gasteiger partial charge on any atom is -0.508 e. The van der Waals surface area contributed by atoms with E-state index in [0.29, 0.717) is 18.4 Å². The van der Waals surface area contributed by atoms with E-state index in [9.17, 15) is 23.1 Å². The first-order chi connectivity index (χ1) is 26.2. The molecule has 2 atom stereocenters. The number of Topliss-reactive ketones (excluding diaryl/α,β-unsaturated/α-hetero) is 1. The summed E-state index contributed by atoms with van der Waals surface area (Å²) in [5.41, 5.74) is 0.439. The standard InChI is InChI=1S/C41H43F5N6O3/c1-5-25-20-51(21-26(47-25)10-12-32(54)41(44,45)46)38-34-31(17-23(3)4)48-36(29-19-27(53)18-24-9-11-30(42)28(6-2)33(24)29)35(43)37(34)49-39(50-38)55-22-40-13-7-15-52(40)16-8-14-40/h2,9,11,17-19,25-26,47,53H,5,7-8,10,12-16,20-22H2,1,3-4H3. The fourth-order valence-corrected chi connectivity index (χ4v) is 8.51. The van der Waals surface area contributed by atoms with Crippen LogP contribution < -0.4 is 15.0 Å². The van der Waals surface area contributed by atoms with Crippen molar-refractivity contribution in [2.75, 3.05) is 37.7 Å². The van der Waals surface area contributed by atoms with Gasteiger partial charge in [-0.1, -0.05) is 24.5 Å². The van der Waals surface area contributed by atoms with Gasteiger partial charge in [-0.2, -0.15) is 23.1 Å². The first kappa shape index (κ1) is 38.4. The minimum atomic E-state index is -4.94. The highest BCUT2D eigenvalue weighted by Crippen LogP contribution is 2.42. The van der Waals surface area contributed by atoms with Crippen LogP contribution in [0, 0.1) is 24.0 Å². The van der Waals surface area contributed by atoms with Crippen LogP contribution in [0.2, 0.25) is 0 Å². The number of terminal acetylenes is 1. The molecular weight excluding hydrogens is 719 g/mol. The van der Waals surface area contributed by atoms with Gasteiger partial charge in [0.2, 0.25) is 5.78 Å². The van der Waals surface area contributed by atoms with E-state index in [4.69, 9.17) is 21.1 Å². The summed E-state index contributed by atoms with van der Waals surface area (Å²) in [6.07, 6.45) is 6.33. The van der Waals surface area contributed by atoms with Gasteiger partial charge in [0.1, 0.15) is 35.2 Å². The molecule has 3 aliphatic rings. The molecule has 0 saturated carbocycles. The molecule has 0 amide bonds. The molecule has 55 heavy (non-hydrogen) atoms. The number of piperazine rings is 1. The predicted molar refractivity (Wildman–Crippen MR) is 201 cm³/mol. The highest BCUT2D eigenvalue weighted by atomic mass is 19.4. The summed E-state index contributed by atoms with van der Waals surface area (Å²) in [6.45, 7) is 8.33. The monoisotopic (exact) mass is 762 g/mol. The van der Waals surface area contributed by atoms with Gasteiger partial charge in [0.15, 0.2) is 5.82 Å². The molecule has 2 N–H and O–H groups in total. The number of phenols is 1. The number of rotatable bonds is 10. The number of pyridine rings is 1. The number of aromatic hydroxyl groups is 1. The predicted octanol–water partition coefficient (Wildman–Crippen LogP) is 7.71. The first-order valence-electron chi connectivity index (χ1n) is 18.7. The molecule has 4 aromatic rings. The summed E-state index contributed by atoms with van der Waals surface area (Å²) in [6, 6.07) is 4.51. The van der Waals surface area contributed by atoms with Crippen LogP contribution in [0.3, 0.4) is 0 Å². The Balaban J connectivity index is 1.43. The summed E-state index contributed by atoms with van der Waals surface area (Å²) in [4.78, 5) is 30.5. The van der Waals surface area contributed by atoms with E-state index in [0.717, 1.165) is 44.3 Å². The largest absolute Gasteiger partial charge is 0.508 e. The lowest BCUT2D eigenvalue weighted by molar-refractivity contribution is -0.171. The van der Waals surface area contributed by atoms with Gasteiger partial charge in [0, 0.05) is 42.5 Å². The lowest BCUT2D eigenvalue weighted by Crippen LogP contribution is -2.57.